The van der Waals surface area contributed by atoms with Crippen molar-refractivity contribution in [2.24, 2.45) is 0 Å². The molecule has 2 aromatic heterocycles. The van der Waals surface area contributed by atoms with E-state index < -0.39 is 48.0 Å². The highest BCUT2D eigenvalue weighted by Gasteiger charge is 2.31. The van der Waals surface area contributed by atoms with Crippen LogP contribution in [0, 0.1) is 6.92 Å². The van der Waals surface area contributed by atoms with Crippen LogP contribution in [-0.4, -0.2) is 44.5 Å². The zero-order valence-corrected chi connectivity index (χ0v) is 23.3. The van der Waals surface area contributed by atoms with Crippen LogP contribution in [0.3, 0.4) is 0 Å². The van der Waals surface area contributed by atoms with Crippen molar-refractivity contribution in [2.45, 2.75) is 91.2 Å². The molecule has 10 nitrogen and oxygen atoms in total. The SMILES string of the molecule is CCO/C=C/C(=O)N(Cc1sc2c(c1C)c(=O)n(C1CCC1)c(=O)n2CCC(F)(F)F)NC(=O)OC(C)(C)C. The predicted molar refractivity (Wildman–Crippen MR) is 139 cm³/mol. The van der Waals surface area contributed by atoms with Crippen LogP contribution in [0.15, 0.2) is 21.9 Å². The van der Waals surface area contributed by atoms with E-state index in [-0.39, 0.29) is 22.8 Å². The molecule has 14 heteroatoms. The molecule has 0 spiro atoms. The number of thiophene rings is 1. The molecular weight excluding hydrogens is 541 g/mol. The Morgan fingerprint density at radius 1 is 1.21 bits per heavy atom. The highest BCUT2D eigenvalue weighted by molar-refractivity contribution is 7.18. The van der Waals surface area contributed by atoms with Crippen molar-refractivity contribution in [3.8, 4) is 0 Å². The van der Waals surface area contributed by atoms with Crippen LogP contribution in [0.5, 0.6) is 0 Å². The number of nitrogens with zero attached hydrogens (tertiary/aromatic N) is 3. The highest BCUT2D eigenvalue weighted by atomic mass is 32.1. The number of fused-ring (bicyclic) bond motifs is 1. The summed E-state index contributed by atoms with van der Waals surface area (Å²) < 4.78 is 51.7. The van der Waals surface area contributed by atoms with Crippen molar-refractivity contribution >= 4 is 33.6 Å². The molecule has 1 fully saturated rings. The smallest absolute Gasteiger partial charge is 0.426 e. The Labute approximate surface area is 227 Å². The molecule has 0 aliphatic heterocycles. The summed E-state index contributed by atoms with van der Waals surface area (Å²) in [5.74, 6) is -0.674. The van der Waals surface area contributed by atoms with Gasteiger partial charge in [-0.1, -0.05) is 0 Å². The van der Waals surface area contributed by atoms with Gasteiger partial charge in [-0.2, -0.15) is 13.2 Å². The zero-order chi connectivity index (χ0) is 29.1. The first-order chi connectivity index (χ1) is 18.1. The van der Waals surface area contributed by atoms with E-state index in [1.807, 2.05) is 0 Å². The van der Waals surface area contributed by atoms with E-state index in [4.69, 9.17) is 9.47 Å². The van der Waals surface area contributed by atoms with Crippen molar-refractivity contribution in [3.63, 3.8) is 0 Å². The predicted octanol–water partition coefficient (Wildman–Crippen LogP) is 4.53. The average molecular weight is 575 g/mol. The molecule has 3 rings (SSSR count). The molecule has 1 saturated carbocycles. The summed E-state index contributed by atoms with van der Waals surface area (Å²) in [5, 5.41) is 1.07. The minimum Gasteiger partial charge on any atom is -0.501 e. The van der Waals surface area contributed by atoms with Gasteiger partial charge in [-0.05, 0) is 59.4 Å². The lowest BCUT2D eigenvalue weighted by Crippen LogP contribution is -2.47. The van der Waals surface area contributed by atoms with Crippen LogP contribution in [0.1, 0.15) is 69.9 Å². The number of ether oxygens (including phenoxy) is 2. The average Bonchev–Trinajstić information content (AvgIpc) is 3.08. The molecule has 1 aliphatic carbocycles. The maximum Gasteiger partial charge on any atom is 0.426 e. The van der Waals surface area contributed by atoms with E-state index in [9.17, 15) is 32.3 Å². The molecular formula is C25H33F3N4O6S. The van der Waals surface area contributed by atoms with Gasteiger partial charge < -0.3 is 9.47 Å². The Kier molecular flexibility index (Phi) is 9.19. The fourth-order valence-electron chi connectivity index (χ4n) is 3.98. The number of hydrogen-bond acceptors (Lipinski definition) is 7. The zero-order valence-electron chi connectivity index (χ0n) is 22.5. The third-order valence-electron chi connectivity index (χ3n) is 6.07. The quantitative estimate of drug-likeness (QED) is 0.282. The summed E-state index contributed by atoms with van der Waals surface area (Å²) in [6.07, 6.45) is -2.42. The second kappa shape index (κ2) is 11.8. The summed E-state index contributed by atoms with van der Waals surface area (Å²) in [7, 11) is 0. The number of rotatable bonds is 8. The molecule has 0 bridgehead atoms. The van der Waals surface area contributed by atoms with E-state index in [0.717, 1.165) is 44.2 Å². The van der Waals surface area contributed by atoms with Crippen molar-refractivity contribution < 1.29 is 32.2 Å². The second-order valence-electron chi connectivity index (χ2n) is 10.2. The normalized spacial score (nSPS) is 14.5. The lowest BCUT2D eigenvalue weighted by atomic mass is 9.93. The van der Waals surface area contributed by atoms with Gasteiger partial charge >= 0.3 is 18.0 Å². The van der Waals surface area contributed by atoms with Crippen molar-refractivity contribution in [1.29, 1.82) is 0 Å². The number of hydrogen-bond donors (Lipinski definition) is 1. The number of nitrogens with one attached hydrogen (secondary N) is 1. The van der Waals surface area contributed by atoms with E-state index in [1.54, 1.807) is 34.6 Å². The molecule has 2 amide bonds. The van der Waals surface area contributed by atoms with Crippen molar-refractivity contribution in [1.82, 2.24) is 19.6 Å². The van der Waals surface area contributed by atoms with Gasteiger partial charge in [0.2, 0.25) is 0 Å². The Bertz CT molecular complexity index is 1370. The van der Waals surface area contributed by atoms with Gasteiger partial charge in [0.05, 0.1) is 31.2 Å². The summed E-state index contributed by atoms with van der Waals surface area (Å²) in [6.45, 7) is 7.69. The number of amides is 2. The second-order valence-corrected chi connectivity index (χ2v) is 11.3. The minimum atomic E-state index is -4.51. The fraction of sp³-hybridized carbons (Fsp3) is 0.600. The first-order valence-electron chi connectivity index (χ1n) is 12.6. The number of aromatic nitrogens is 2. The number of carbonyl (C=O) groups excluding carboxylic acids is 2. The third-order valence-corrected chi connectivity index (χ3v) is 7.37. The van der Waals surface area contributed by atoms with Gasteiger partial charge in [0, 0.05) is 23.5 Å². The fourth-order valence-corrected chi connectivity index (χ4v) is 5.29. The van der Waals surface area contributed by atoms with Crippen LogP contribution in [0.2, 0.25) is 0 Å². The number of halogens is 3. The molecule has 1 aliphatic rings. The van der Waals surface area contributed by atoms with Crippen molar-refractivity contribution in [3.05, 3.63) is 43.6 Å². The van der Waals surface area contributed by atoms with Gasteiger partial charge in [0.25, 0.3) is 11.5 Å². The topological polar surface area (TPSA) is 112 Å². The standard InChI is InChI=1S/C25H33F3N4O6S/c1-6-37-13-10-18(33)31(29-22(35)38-24(3,4)5)14-17-15(2)19-20(34)32(16-8-7-9-16)23(36)30(21(19)39-17)12-11-25(26,27)28/h10,13,16H,6-9,11-12,14H2,1-5H3,(H,29,35)/b13-10+. The van der Waals surface area contributed by atoms with E-state index in [0.29, 0.717) is 29.9 Å². The molecule has 0 aromatic carbocycles. The van der Waals surface area contributed by atoms with Gasteiger partial charge in [-0.3, -0.25) is 18.7 Å². The van der Waals surface area contributed by atoms with Crippen LogP contribution in [0.25, 0.3) is 10.2 Å². The lowest BCUT2D eigenvalue weighted by Gasteiger charge is -2.27. The maximum absolute atomic E-state index is 13.4. The molecule has 1 N–H and O–H groups in total. The van der Waals surface area contributed by atoms with Gasteiger partial charge in [-0.25, -0.2) is 20.0 Å². The van der Waals surface area contributed by atoms with Crippen LogP contribution >= 0.6 is 11.3 Å². The summed E-state index contributed by atoms with van der Waals surface area (Å²) >= 11 is 0.931. The van der Waals surface area contributed by atoms with E-state index in [1.165, 1.54) is 0 Å². The third kappa shape index (κ3) is 7.43. The maximum atomic E-state index is 13.4. The molecule has 0 saturated heterocycles. The molecule has 0 atom stereocenters. The number of aryl methyl sites for hydroxylation is 2. The summed E-state index contributed by atoms with van der Waals surface area (Å²) in [6, 6.07) is -0.370. The first-order valence-corrected chi connectivity index (χ1v) is 13.4. The van der Waals surface area contributed by atoms with E-state index >= 15 is 0 Å². The molecule has 0 radical (unpaired) electrons. The number of alkyl halides is 3. The van der Waals surface area contributed by atoms with Gasteiger partial charge in [0.15, 0.2) is 0 Å². The molecule has 2 heterocycles. The Morgan fingerprint density at radius 3 is 2.41 bits per heavy atom. The van der Waals surface area contributed by atoms with Crippen LogP contribution in [-0.2, 0) is 27.4 Å². The highest BCUT2D eigenvalue weighted by Crippen LogP contribution is 2.33. The molecule has 216 valence electrons. The monoisotopic (exact) mass is 574 g/mol. The van der Waals surface area contributed by atoms with Crippen LogP contribution < -0.4 is 16.7 Å². The molecule has 39 heavy (non-hydrogen) atoms. The minimum absolute atomic E-state index is 0.0897. The Morgan fingerprint density at radius 2 is 1.87 bits per heavy atom. The number of hydrazine groups is 1. The molecule has 0 unspecified atom stereocenters. The lowest BCUT2D eigenvalue weighted by molar-refractivity contribution is -0.136. The Hall–Kier alpha value is -3.29. The first kappa shape index (κ1) is 30.3. The summed E-state index contributed by atoms with van der Waals surface area (Å²) in [4.78, 5) is 52.5. The van der Waals surface area contributed by atoms with Gasteiger partial charge in [-0.15, -0.1) is 11.3 Å². The van der Waals surface area contributed by atoms with Gasteiger partial charge in [0.1, 0.15) is 10.4 Å². The van der Waals surface area contributed by atoms with Crippen molar-refractivity contribution in [2.75, 3.05) is 6.61 Å². The van der Waals surface area contributed by atoms with Crippen LogP contribution in [0.4, 0.5) is 18.0 Å². The van der Waals surface area contributed by atoms with E-state index in [2.05, 4.69) is 5.43 Å². The Balaban J connectivity index is 2.09. The molecule has 2 aromatic rings. The summed E-state index contributed by atoms with van der Waals surface area (Å²) in [5.41, 5.74) is 0.576. The largest absolute Gasteiger partial charge is 0.501 e. The number of carbonyl (C=O) groups is 2.